The molecule has 1 heteroatoms. The average Bonchev–Trinajstić information content (AvgIpc) is 1.55. The second-order valence-electron chi connectivity index (χ2n) is 1.63. The molecule has 0 atom stereocenters. The van der Waals surface area contributed by atoms with Gasteiger partial charge in [-0.25, -0.2) is 0 Å². The van der Waals surface area contributed by atoms with Crippen LogP contribution >= 0.6 is 12.6 Å². The molecule has 0 bridgehead atoms. The molecule has 7 heavy (non-hydrogen) atoms. The molecule has 0 amide bonds. The topological polar surface area (TPSA) is 0 Å². The van der Waals surface area contributed by atoms with Crippen molar-refractivity contribution in [1.82, 2.24) is 0 Å². The van der Waals surface area contributed by atoms with Gasteiger partial charge in [0.25, 0.3) is 0 Å². The third-order valence-electron chi connectivity index (χ3n) is 1.13. The molecule has 0 fully saturated rings. The molecule has 0 aromatic heterocycles. The standard InChI is InChI=1S/C6H8S/c7-5-4-6-2-1-3-6/h2,4-5,7H,1,3H2/b5-4+. The van der Waals surface area contributed by atoms with E-state index in [1.165, 1.54) is 18.4 Å². The van der Waals surface area contributed by atoms with E-state index < -0.39 is 0 Å². The van der Waals surface area contributed by atoms with Gasteiger partial charge in [0, 0.05) is 0 Å². The lowest BCUT2D eigenvalue weighted by molar-refractivity contribution is 0.907. The molecule has 1 aliphatic carbocycles. The fourth-order valence-corrected chi connectivity index (χ4v) is 0.750. The van der Waals surface area contributed by atoms with Crippen molar-refractivity contribution in [2.24, 2.45) is 0 Å². The summed E-state index contributed by atoms with van der Waals surface area (Å²) in [7, 11) is 0. The lowest BCUT2D eigenvalue weighted by Gasteiger charge is -2.07. The van der Waals surface area contributed by atoms with Crippen molar-refractivity contribution < 1.29 is 0 Å². The molecule has 0 unspecified atom stereocenters. The lowest BCUT2D eigenvalue weighted by atomic mass is 10.00. The van der Waals surface area contributed by atoms with Crippen LogP contribution in [0.2, 0.25) is 0 Å². The molecule has 0 N–H and O–H groups in total. The molecular formula is C6H8S. The fourth-order valence-electron chi connectivity index (χ4n) is 0.558. The van der Waals surface area contributed by atoms with Gasteiger partial charge in [0.2, 0.25) is 0 Å². The Morgan fingerprint density at radius 2 is 2.43 bits per heavy atom. The summed E-state index contributed by atoms with van der Waals surface area (Å²) < 4.78 is 0. The molecule has 0 aliphatic heterocycles. The van der Waals surface area contributed by atoms with Gasteiger partial charge in [-0.05, 0) is 18.2 Å². The van der Waals surface area contributed by atoms with Crippen molar-refractivity contribution in [3.63, 3.8) is 0 Å². The van der Waals surface area contributed by atoms with Crippen LogP contribution in [0.1, 0.15) is 12.8 Å². The maximum absolute atomic E-state index is 3.93. The van der Waals surface area contributed by atoms with Crippen molar-refractivity contribution >= 4 is 12.6 Å². The fraction of sp³-hybridized carbons (Fsp3) is 0.333. The Balaban J connectivity index is 2.41. The van der Waals surface area contributed by atoms with Gasteiger partial charge < -0.3 is 0 Å². The van der Waals surface area contributed by atoms with Crippen LogP contribution in [0, 0.1) is 0 Å². The van der Waals surface area contributed by atoms with Crippen molar-refractivity contribution in [3.8, 4) is 0 Å². The first-order valence-corrected chi connectivity index (χ1v) is 2.95. The molecule has 1 rings (SSSR count). The van der Waals surface area contributed by atoms with Crippen LogP contribution < -0.4 is 0 Å². The minimum Gasteiger partial charge on any atom is -0.151 e. The van der Waals surface area contributed by atoms with Crippen LogP contribution in [0.3, 0.4) is 0 Å². The van der Waals surface area contributed by atoms with Gasteiger partial charge in [0.1, 0.15) is 0 Å². The van der Waals surface area contributed by atoms with Crippen molar-refractivity contribution in [2.75, 3.05) is 0 Å². The molecule has 0 spiro atoms. The predicted molar refractivity (Wildman–Crippen MR) is 35.4 cm³/mol. The van der Waals surface area contributed by atoms with Gasteiger partial charge in [-0.2, -0.15) is 12.6 Å². The molecule has 0 heterocycles. The zero-order valence-corrected chi connectivity index (χ0v) is 4.99. The highest BCUT2D eigenvalue weighted by Crippen LogP contribution is 2.18. The molecule has 0 nitrogen and oxygen atoms in total. The Morgan fingerprint density at radius 3 is 2.57 bits per heavy atom. The van der Waals surface area contributed by atoms with Gasteiger partial charge in [-0.15, -0.1) is 0 Å². The van der Waals surface area contributed by atoms with Crippen molar-refractivity contribution in [3.05, 3.63) is 23.1 Å². The van der Waals surface area contributed by atoms with Gasteiger partial charge in [-0.1, -0.05) is 17.7 Å². The number of allylic oxidation sites excluding steroid dienone is 3. The highest BCUT2D eigenvalue weighted by Gasteiger charge is 1.98. The Morgan fingerprint density at radius 1 is 1.71 bits per heavy atom. The van der Waals surface area contributed by atoms with Crippen LogP contribution in [-0.2, 0) is 0 Å². The zero-order valence-electron chi connectivity index (χ0n) is 4.09. The summed E-state index contributed by atoms with van der Waals surface area (Å²) in [6, 6.07) is 0. The number of hydrogen-bond donors (Lipinski definition) is 1. The monoisotopic (exact) mass is 112 g/mol. The highest BCUT2D eigenvalue weighted by molar-refractivity contribution is 7.83. The van der Waals surface area contributed by atoms with E-state index in [-0.39, 0.29) is 0 Å². The maximum Gasteiger partial charge on any atom is -0.0247 e. The summed E-state index contributed by atoms with van der Waals surface area (Å²) in [5, 5.41) is 1.78. The minimum absolute atomic E-state index is 1.25. The molecular weight excluding hydrogens is 104 g/mol. The smallest absolute Gasteiger partial charge is 0.0247 e. The highest BCUT2D eigenvalue weighted by atomic mass is 32.1. The van der Waals surface area contributed by atoms with Crippen molar-refractivity contribution in [2.45, 2.75) is 12.8 Å². The second-order valence-corrected chi connectivity index (χ2v) is 1.93. The average molecular weight is 112 g/mol. The van der Waals surface area contributed by atoms with E-state index in [9.17, 15) is 0 Å². The van der Waals surface area contributed by atoms with E-state index in [1.807, 2.05) is 6.08 Å². The number of hydrogen-bond acceptors (Lipinski definition) is 1. The van der Waals surface area contributed by atoms with Crippen molar-refractivity contribution in [1.29, 1.82) is 0 Å². The van der Waals surface area contributed by atoms with Gasteiger partial charge in [0.05, 0.1) is 0 Å². The Bertz CT molecular complexity index is 111. The number of rotatable bonds is 1. The normalized spacial score (nSPS) is 19.3. The van der Waals surface area contributed by atoms with E-state index in [4.69, 9.17) is 0 Å². The first-order chi connectivity index (χ1) is 3.43. The SMILES string of the molecule is S/C=C/C1=CCC1. The van der Waals surface area contributed by atoms with E-state index in [0.717, 1.165) is 0 Å². The molecule has 0 saturated carbocycles. The van der Waals surface area contributed by atoms with E-state index >= 15 is 0 Å². The third kappa shape index (κ3) is 1.10. The van der Waals surface area contributed by atoms with Crippen LogP contribution in [0.4, 0.5) is 0 Å². The van der Waals surface area contributed by atoms with Crippen LogP contribution in [-0.4, -0.2) is 0 Å². The van der Waals surface area contributed by atoms with E-state index in [1.54, 1.807) is 5.41 Å². The predicted octanol–water partition coefficient (Wildman–Crippen LogP) is 2.15. The lowest BCUT2D eigenvalue weighted by Crippen LogP contribution is -1.87. The van der Waals surface area contributed by atoms with E-state index in [0.29, 0.717) is 0 Å². The molecule has 1 aliphatic rings. The van der Waals surface area contributed by atoms with Crippen LogP contribution in [0.25, 0.3) is 0 Å². The van der Waals surface area contributed by atoms with Crippen LogP contribution in [0.5, 0.6) is 0 Å². The number of thiol groups is 1. The maximum atomic E-state index is 3.93. The first-order valence-electron chi connectivity index (χ1n) is 2.43. The van der Waals surface area contributed by atoms with E-state index in [2.05, 4.69) is 18.7 Å². The van der Waals surface area contributed by atoms with Gasteiger partial charge >= 0.3 is 0 Å². The Labute approximate surface area is 49.3 Å². The van der Waals surface area contributed by atoms with Crippen LogP contribution in [0.15, 0.2) is 23.1 Å². The largest absolute Gasteiger partial charge is 0.151 e. The second kappa shape index (κ2) is 2.22. The quantitative estimate of drug-likeness (QED) is 0.494. The summed E-state index contributed by atoms with van der Waals surface area (Å²) in [5.41, 5.74) is 1.43. The third-order valence-corrected chi connectivity index (χ3v) is 1.28. The molecule has 0 radical (unpaired) electrons. The minimum atomic E-state index is 1.25. The summed E-state index contributed by atoms with van der Waals surface area (Å²) >= 11 is 3.93. The summed E-state index contributed by atoms with van der Waals surface area (Å²) in [5.74, 6) is 0. The molecule has 0 aromatic carbocycles. The summed E-state index contributed by atoms with van der Waals surface area (Å²) in [6.45, 7) is 0. The Hall–Kier alpha value is -0.170. The molecule has 38 valence electrons. The first kappa shape index (κ1) is 4.98. The molecule has 0 saturated heterocycles. The van der Waals surface area contributed by atoms with Gasteiger partial charge in [0.15, 0.2) is 0 Å². The van der Waals surface area contributed by atoms with Gasteiger partial charge in [-0.3, -0.25) is 0 Å². The zero-order chi connectivity index (χ0) is 5.11. The Kier molecular flexibility index (Phi) is 1.58. The molecule has 0 aromatic rings. The summed E-state index contributed by atoms with van der Waals surface area (Å²) in [4.78, 5) is 0. The summed E-state index contributed by atoms with van der Waals surface area (Å²) in [6.07, 6.45) is 6.75.